The zero-order chi connectivity index (χ0) is 34.3. The number of rotatable bonds is 8. The molecule has 2 aromatic heterocycles. The number of aliphatic hydroxyl groups is 1. The van der Waals surface area contributed by atoms with Crippen LogP contribution in [0.15, 0.2) is 36.5 Å². The van der Waals surface area contributed by atoms with Crippen molar-refractivity contribution >= 4 is 34.3 Å². The number of hydrogen-bond acceptors (Lipinski definition) is 7. The molecule has 0 bridgehead atoms. The van der Waals surface area contributed by atoms with Gasteiger partial charge in [-0.1, -0.05) is 11.6 Å². The lowest BCUT2D eigenvalue weighted by atomic mass is 9.81. The first kappa shape index (κ1) is 32.4. The Morgan fingerprint density at radius 1 is 1.21 bits per heavy atom. The van der Waals surface area contributed by atoms with Crippen molar-refractivity contribution in [3.8, 4) is 22.8 Å². The molecule has 2 amide bonds. The highest BCUT2D eigenvalue weighted by Gasteiger charge is 2.58. The fraction of sp³-hybridized carbons (Fsp3) is 0.333. The van der Waals surface area contributed by atoms with Crippen molar-refractivity contribution in [1.82, 2.24) is 20.1 Å². The molecule has 4 N–H and O–H groups in total. The maximum Gasteiger partial charge on any atom is 0.424 e. The molecule has 3 heterocycles. The summed E-state index contributed by atoms with van der Waals surface area (Å²) in [4.78, 5) is 29.5. The van der Waals surface area contributed by atoms with Gasteiger partial charge in [0.05, 0.1) is 19.3 Å². The van der Waals surface area contributed by atoms with Gasteiger partial charge in [-0.05, 0) is 37.3 Å². The van der Waals surface area contributed by atoms with Gasteiger partial charge in [-0.25, -0.2) is 22.8 Å². The number of benzene rings is 2. The third-order valence-electron chi connectivity index (χ3n) is 8.43. The van der Waals surface area contributed by atoms with E-state index in [2.05, 4.69) is 10.1 Å². The molecule has 248 valence electrons. The van der Waals surface area contributed by atoms with Crippen LogP contribution < -0.4 is 20.5 Å². The molecule has 1 aliphatic carbocycles. The summed E-state index contributed by atoms with van der Waals surface area (Å²) in [5, 5.41) is 16.7. The lowest BCUT2D eigenvalue weighted by molar-refractivity contribution is -0.265. The Morgan fingerprint density at radius 2 is 1.91 bits per heavy atom. The highest BCUT2D eigenvalue weighted by molar-refractivity contribution is 6.31. The molecule has 1 fully saturated rings. The van der Waals surface area contributed by atoms with Crippen molar-refractivity contribution in [2.45, 2.75) is 42.8 Å². The smallest absolute Gasteiger partial charge is 0.424 e. The SMILES string of the molecule is COc1cc(C(=O)NCC(O)(c2cc3c(c(-c4ccc(F)c(Cl)c4F)n2)OC[C@]3(C)C(N)=O)C(F)(F)F)cc2cn(C3(F)CC3)nc12. The van der Waals surface area contributed by atoms with Gasteiger partial charge in [0.1, 0.15) is 45.6 Å². The largest absolute Gasteiger partial charge is 0.494 e. The van der Waals surface area contributed by atoms with Crippen LogP contribution in [0.2, 0.25) is 5.02 Å². The van der Waals surface area contributed by atoms with E-state index < -0.39 is 81.6 Å². The minimum atomic E-state index is -5.52. The first-order chi connectivity index (χ1) is 21.9. The molecule has 0 radical (unpaired) electrons. The second-order valence-electron chi connectivity index (χ2n) is 11.6. The monoisotopic (exact) mass is 683 g/mol. The van der Waals surface area contributed by atoms with Gasteiger partial charge in [0.25, 0.3) is 5.91 Å². The number of nitrogens with zero attached hydrogens (tertiary/aromatic N) is 3. The molecule has 1 aliphatic heterocycles. The number of fused-ring (bicyclic) bond motifs is 2. The van der Waals surface area contributed by atoms with Gasteiger partial charge >= 0.3 is 6.18 Å². The van der Waals surface area contributed by atoms with Crippen LogP contribution in [-0.2, 0) is 21.6 Å². The Balaban J connectivity index is 1.43. The Labute approximate surface area is 266 Å². The molecule has 0 spiro atoms. The molecule has 2 atom stereocenters. The summed E-state index contributed by atoms with van der Waals surface area (Å²) in [5.74, 6) is -6.66. The second-order valence-corrected chi connectivity index (χ2v) is 12.0. The molecule has 1 saturated carbocycles. The van der Waals surface area contributed by atoms with Crippen LogP contribution in [0.25, 0.3) is 22.2 Å². The highest BCUT2D eigenvalue weighted by Crippen LogP contribution is 2.49. The van der Waals surface area contributed by atoms with E-state index in [9.17, 15) is 36.6 Å². The van der Waals surface area contributed by atoms with Gasteiger partial charge in [0.2, 0.25) is 17.3 Å². The molecule has 10 nitrogen and oxygen atoms in total. The van der Waals surface area contributed by atoms with Crippen LogP contribution in [-0.4, -0.2) is 58.1 Å². The number of aromatic nitrogens is 3. The van der Waals surface area contributed by atoms with E-state index in [1.54, 1.807) is 0 Å². The van der Waals surface area contributed by atoms with Crippen molar-refractivity contribution in [2.24, 2.45) is 5.73 Å². The molecule has 6 rings (SSSR count). The van der Waals surface area contributed by atoms with E-state index in [-0.39, 0.29) is 46.4 Å². The van der Waals surface area contributed by atoms with Crippen molar-refractivity contribution in [3.05, 3.63) is 70.0 Å². The molecule has 1 unspecified atom stereocenters. The lowest BCUT2D eigenvalue weighted by Crippen LogP contribution is -2.51. The maximum atomic E-state index is 15.2. The molecule has 47 heavy (non-hydrogen) atoms. The van der Waals surface area contributed by atoms with Crippen LogP contribution in [0.5, 0.6) is 11.5 Å². The number of carbonyl (C=O) groups excluding carboxylic acids is 2. The molecular weight excluding hydrogens is 660 g/mol. The summed E-state index contributed by atoms with van der Waals surface area (Å²) < 4.78 is 99.9. The topological polar surface area (TPSA) is 142 Å². The first-order valence-corrected chi connectivity index (χ1v) is 14.3. The summed E-state index contributed by atoms with van der Waals surface area (Å²) in [6.07, 6.45) is -3.72. The molecule has 4 aromatic rings. The minimum absolute atomic E-state index is 0.0392. The van der Waals surface area contributed by atoms with E-state index in [0.717, 1.165) is 22.9 Å². The number of nitrogens with two attached hydrogens (primary N) is 1. The summed E-state index contributed by atoms with van der Waals surface area (Å²) in [6, 6.07) is 4.76. The third kappa shape index (κ3) is 5.10. The standard InChI is InChI=1S/C30H24ClF6N5O5/c1-27(26(38)44)12-47-24-16(27)9-19(40-23(24)15-3-4-17(32)20(31)21(15)33)29(45,30(35,36)37)11-39-25(43)13-7-14-10-42(28(34)5-6-28)41-22(14)18(8-13)46-2/h3-4,7-10,45H,5-6,11-12H2,1-2H3,(H2,38,44)(H,39,43)/t27-,29?/m0/s1. The number of pyridine rings is 1. The fourth-order valence-corrected chi connectivity index (χ4v) is 5.43. The third-order valence-corrected chi connectivity index (χ3v) is 8.78. The van der Waals surface area contributed by atoms with Crippen molar-refractivity contribution < 1.29 is 50.5 Å². The van der Waals surface area contributed by atoms with E-state index in [1.165, 1.54) is 32.4 Å². The van der Waals surface area contributed by atoms with E-state index in [4.69, 9.17) is 26.8 Å². The fourth-order valence-electron chi connectivity index (χ4n) is 5.26. The van der Waals surface area contributed by atoms with Gasteiger partial charge in [0, 0.05) is 41.1 Å². The van der Waals surface area contributed by atoms with Crippen LogP contribution in [0.4, 0.5) is 26.3 Å². The number of nitrogens with one attached hydrogen (secondary N) is 1. The van der Waals surface area contributed by atoms with Crippen molar-refractivity contribution in [2.75, 3.05) is 20.3 Å². The number of carbonyl (C=O) groups is 2. The quantitative estimate of drug-likeness (QED) is 0.180. The number of hydrogen-bond donors (Lipinski definition) is 3. The average Bonchev–Trinajstić information content (AvgIpc) is 3.45. The summed E-state index contributed by atoms with van der Waals surface area (Å²) >= 11 is 5.72. The number of amides is 2. The zero-order valence-corrected chi connectivity index (χ0v) is 25.2. The van der Waals surface area contributed by atoms with Crippen LogP contribution >= 0.6 is 11.6 Å². The summed E-state index contributed by atoms with van der Waals surface area (Å²) in [5.41, 5.74) is -2.82. The highest BCUT2D eigenvalue weighted by atomic mass is 35.5. The van der Waals surface area contributed by atoms with Gasteiger partial charge in [-0.2, -0.15) is 18.3 Å². The second kappa shape index (κ2) is 10.7. The first-order valence-electron chi connectivity index (χ1n) is 13.9. The number of halogens is 7. The minimum Gasteiger partial charge on any atom is -0.494 e. The van der Waals surface area contributed by atoms with Crippen LogP contribution in [0, 0.1) is 11.6 Å². The van der Waals surface area contributed by atoms with Gasteiger partial charge < -0.3 is 25.6 Å². The predicted octanol–water partition coefficient (Wildman–Crippen LogP) is 4.77. The Bertz CT molecular complexity index is 1980. The van der Waals surface area contributed by atoms with Crippen molar-refractivity contribution in [3.63, 3.8) is 0 Å². The number of primary amides is 1. The van der Waals surface area contributed by atoms with Gasteiger partial charge in [-0.3, -0.25) is 9.59 Å². The zero-order valence-electron chi connectivity index (χ0n) is 24.4. The van der Waals surface area contributed by atoms with Gasteiger partial charge in [-0.15, -0.1) is 0 Å². The van der Waals surface area contributed by atoms with Gasteiger partial charge in [0.15, 0.2) is 5.82 Å². The molecular formula is C30H24ClF6N5O5. The number of ether oxygens (including phenoxy) is 2. The summed E-state index contributed by atoms with van der Waals surface area (Å²) in [6.45, 7) is -0.733. The normalized spacial score (nSPS) is 19.5. The van der Waals surface area contributed by atoms with Crippen LogP contribution in [0.3, 0.4) is 0 Å². The Kier molecular flexibility index (Phi) is 7.39. The molecule has 0 saturated heterocycles. The van der Waals surface area contributed by atoms with Crippen LogP contribution in [0.1, 0.15) is 41.4 Å². The average molecular weight is 684 g/mol. The lowest BCUT2D eigenvalue weighted by Gasteiger charge is -2.31. The maximum absolute atomic E-state index is 15.2. The van der Waals surface area contributed by atoms with E-state index in [1.807, 2.05) is 5.32 Å². The molecule has 2 aromatic carbocycles. The van der Waals surface area contributed by atoms with Crippen molar-refractivity contribution in [1.29, 1.82) is 0 Å². The summed E-state index contributed by atoms with van der Waals surface area (Å²) in [7, 11) is 1.26. The predicted molar refractivity (Wildman–Crippen MR) is 154 cm³/mol. The number of methoxy groups -OCH3 is 1. The Morgan fingerprint density at radius 3 is 2.53 bits per heavy atom. The Hall–Kier alpha value is -4.57. The molecule has 2 aliphatic rings. The van der Waals surface area contributed by atoms with E-state index in [0.29, 0.717) is 0 Å². The van der Waals surface area contributed by atoms with E-state index >= 15 is 4.39 Å². The molecule has 17 heteroatoms. The number of alkyl halides is 4.